The van der Waals surface area contributed by atoms with Gasteiger partial charge in [-0.2, -0.15) is 18.3 Å². The van der Waals surface area contributed by atoms with Crippen LogP contribution in [0, 0.1) is 12.8 Å². The molecule has 2 aromatic rings. The van der Waals surface area contributed by atoms with Crippen LogP contribution in [0.4, 0.5) is 18.2 Å². The Kier molecular flexibility index (Phi) is 6.99. The number of hydrogen-bond acceptors (Lipinski definition) is 5. The van der Waals surface area contributed by atoms with E-state index in [0.29, 0.717) is 42.8 Å². The largest absolute Gasteiger partial charge is 0.436 e. The lowest BCUT2D eigenvalue weighted by Crippen LogP contribution is -2.41. The summed E-state index contributed by atoms with van der Waals surface area (Å²) in [5.74, 6) is -0.260. The summed E-state index contributed by atoms with van der Waals surface area (Å²) in [6.45, 7) is 6.82. The van der Waals surface area contributed by atoms with Crippen molar-refractivity contribution in [3.05, 3.63) is 32.4 Å². The van der Waals surface area contributed by atoms with Crippen LogP contribution in [0.1, 0.15) is 58.5 Å². The topological polar surface area (TPSA) is 76.5 Å². The van der Waals surface area contributed by atoms with Crippen molar-refractivity contribution in [1.82, 2.24) is 14.7 Å². The number of carbonyl (C=O) groups is 2. The summed E-state index contributed by atoms with van der Waals surface area (Å²) in [5, 5.41) is 6.27. The maximum absolute atomic E-state index is 13.4. The molecule has 4 rings (SSSR count). The number of amides is 2. The van der Waals surface area contributed by atoms with Crippen LogP contribution in [0.5, 0.6) is 0 Å². The van der Waals surface area contributed by atoms with Gasteiger partial charge in [0, 0.05) is 18.0 Å². The first-order chi connectivity index (χ1) is 16.0. The Morgan fingerprint density at radius 3 is 2.59 bits per heavy atom. The second-order valence-electron chi connectivity index (χ2n) is 8.82. The molecule has 0 aromatic carbocycles. The third-order valence-electron chi connectivity index (χ3n) is 6.35. The molecule has 1 fully saturated rings. The molecule has 7 nitrogen and oxygen atoms in total. The monoisotopic (exact) mass is 518 g/mol. The number of thiophene rings is 1. The van der Waals surface area contributed by atoms with Crippen LogP contribution < -0.4 is 5.32 Å². The van der Waals surface area contributed by atoms with E-state index in [1.165, 1.54) is 25.2 Å². The lowest BCUT2D eigenvalue weighted by atomic mass is 9.88. The fourth-order valence-corrected chi connectivity index (χ4v) is 6.01. The molecule has 12 heteroatoms. The molecule has 0 unspecified atom stereocenters. The van der Waals surface area contributed by atoms with Crippen LogP contribution >= 0.6 is 22.9 Å². The molecule has 0 saturated carbocycles. The molecule has 1 N–H and O–H groups in total. The van der Waals surface area contributed by atoms with Crippen LogP contribution in [0.3, 0.4) is 0 Å². The number of morpholine rings is 1. The molecule has 0 bridgehead atoms. The van der Waals surface area contributed by atoms with E-state index in [2.05, 4.69) is 17.3 Å². The van der Waals surface area contributed by atoms with Gasteiger partial charge in [0.05, 0.1) is 29.5 Å². The number of fused-ring (bicyclic) bond motifs is 1. The average molecular weight is 519 g/mol. The van der Waals surface area contributed by atoms with Crippen molar-refractivity contribution in [1.29, 1.82) is 0 Å². The average Bonchev–Trinajstić information content (AvgIpc) is 3.29. The number of nitrogens with one attached hydrogen (secondary N) is 1. The lowest BCUT2D eigenvalue weighted by Gasteiger charge is -2.28. The van der Waals surface area contributed by atoms with Crippen molar-refractivity contribution in [3.63, 3.8) is 0 Å². The molecular weight excluding hydrogens is 493 g/mol. The van der Waals surface area contributed by atoms with Crippen molar-refractivity contribution in [2.75, 3.05) is 31.6 Å². The Bertz CT molecular complexity index is 1110. The van der Waals surface area contributed by atoms with Crippen LogP contribution in [-0.2, 0) is 28.5 Å². The van der Waals surface area contributed by atoms with E-state index in [4.69, 9.17) is 16.3 Å². The minimum absolute atomic E-state index is 0.0422. The molecule has 2 aliphatic rings. The zero-order valence-electron chi connectivity index (χ0n) is 19.1. The number of anilines is 1. The maximum Gasteiger partial charge on any atom is 0.436 e. The van der Waals surface area contributed by atoms with Gasteiger partial charge in [-0.3, -0.25) is 14.3 Å². The Balaban J connectivity index is 1.64. The molecule has 0 radical (unpaired) electrons. The maximum atomic E-state index is 13.4. The summed E-state index contributed by atoms with van der Waals surface area (Å²) in [5.41, 5.74) is 0.261. The van der Waals surface area contributed by atoms with Gasteiger partial charge in [0.2, 0.25) is 5.91 Å². The van der Waals surface area contributed by atoms with Crippen molar-refractivity contribution in [2.45, 2.75) is 52.3 Å². The molecule has 1 saturated heterocycles. The molecule has 1 aliphatic heterocycles. The van der Waals surface area contributed by atoms with Gasteiger partial charge in [0.15, 0.2) is 5.69 Å². The highest BCUT2D eigenvalue weighted by atomic mass is 35.5. The first-order valence-electron chi connectivity index (χ1n) is 11.1. The second-order valence-corrected chi connectivity index (χ2v) is 10.3. The van der Waals surface area contributed by atoms with E-state index in [0.717, 1.165) is 34.4 Å². The zero-order chi connectivity index (χ0) is 24.8. The fourth-order valence-electron chi connectivity index (χ4n) is 4.37. The van der Waals surface area contributed by atoms with Gasteiger partial charge in [-0.15, -0.1) is 11.3 Å². The highest BCUT2D eigenvalue weighted by Crippen LogP contribution is 2.41. The van der Waals surface area contributed by atoms with Crippen LogP contribution in [0.2, 0.25) is 5.02 Å². The Hall–Kier alpha value is -2.11. The Labute approximate surface area is 204 Å². The number of rotatable bonds is 4. The normalized spacial score (nSPS) is 19.6. The molecule has 34 heavy (non-hydrogen) atoms. The van der Waals surface area contributed by atoms with Crippen LogP contribution in [-0.4, -0.2) is 52.8 Å². The van der Waals surface area contributed by atoms with Gasteiger partial charge in [0.1, 0.15) is 11.0 Å². The van der Waals surface area contributed by atoms with E-state index in [1.54, 1.807) is 4.90 Å². The van der Waals surface area contributed by atoms with Gasteiger partial charge < -0.3 is 15.0 Å². The molecule has 0 spiro atoms. The molecule has 2 atom stereocenters. The smallest absolute Gasteiger partial charge is 0.378 e. The Morgan fingerprint density at radius 2 is 1.97 bits per heavy atom. The molecule has 1 aliphatic carbocycles. The number of hydrogen-bond donors (Lipinski definition) is 1. The van der Waals surface area contributed by atoms with E-state index in [9.17, 15) is 22.8 Å². The zero-order valence-corrected chi connectivity index (χ0v) is 20.7. The van der Waals surface area contributed by atoms with Crippen molar-refractivity contribution >= 4 is 39.8 Å². The van der Waals surface area contributed by atoms with Gasteiger partial charge in [-0.1, -0.05) is 18.5 Å². The van der Waals surface area contributed by atoms with Gasteiger partial charge in [-0.25, -0.2) is 0 Å². The highest BCUT2D eigenvalue weighted by Gasteiger charge is 2.39. The fraction of sp³-hybridized carbons (Fsp3) is 0.591. The molecule has 186 valence electrons. The molecule has 2 amide bonds. The summed E-state index contributed by atoms with van der Waals surface area (Å²) >= 11 is 7.22. The third-order valence-corrected chi connectivity index (χ3v) is 7.97. The van der Waals surface area contributed by atoms with Crippen molar-refractivity contribution < 1.29 is 27.5 Å². The summed E-state index contributed by atoms with van der Waals surface area (Å²) in [4.78, 5) is 29.3. The minimum atomic E-state index is -4.73. The van der Waals surface area contributed by atoms with Gasteiger partial charge >= 0.3 is 6.18 Å². The predicted molar refractivity (Wildman–Crippen MR) is 123 cm³/mol. The molecular formula is C22H26ClF3N4O3S. The first-order valence-corrected chi connectivity index (χ1v) is 12.3. The quantitative estimate of drug-likeness (QED) is 0.635. The lowest BCUT2D eigenvalue weighted by molar-refractivity contribution is -0.141. The number of nitrogens with zero attached hydrogens (tertiary/aromatic N) is 3. The SMILES string of the molecule is Cc1c(Cl)c(C(F)(F)F)nn1[C@@H](C)C(=O)Nc1sc2c(c1C(=O)N1CCOCC1)CC[C@H](C)C2. The number of alkyl halides is 3. The standard InChI is InChI=1S/C22H26ClF3N4O3S/c1-11-4-5-14-15(10-11)34-20(16(14)21(32)29-6-8-33-9-7-29)27-19(31)13(3)30-12(2)17(23)18(28-30)22(24,25)26/h11,13H,4-10H2,1-3H3,(H,27,31)/t11-,13-/m0/s1. The Morgan fingerprint density at radius 1 is 1.29 bits per heavy atom. The molecule has 2 aromatic heterocycles. The number of carbonyl (C=O) groups excluding carboxylic acids is 2. The van der Waals surface area contributed by atoms with Crippen LogP contribution in [0.15, 0.2) is 0 Å². The highest BCUT2D eigenvalue weighted by molar-refractivity contribution is 7.17. The molecule has 3 heterocycles. The summed E-state index contributed by atoms with van der Waals surface area (Å²) in [7, 11) is 0. The van der Waals surface area contributed by atoms with Crippen molar-refractivity contribution in [3.8, 4) is 0 Å². The summed E-state index contributed by atoms with van der Waals surface area (Å²) in [6, 6.07) is -1.07. The second kappa shape index (κ2) is 9.50. The van der Waals surface area contributed by atoms with Crippen molar-refractivity contribution in [2.24, 2.45) is 5.92 Å². The minimum Gasteiger partial charge on any atom is -0.378 e. The van der Waals surface area contributed by atoms with Crippen LogP contribution in [0.25, 0.3) is 0 Å². The third kappa shape index (κ3) is 4.70. The first kappa shape index (κ1) is 25.0. The predicted octanol–water partition coefficient (Wildman–Crippen LogP) is 4.72. The van der Waals surface area contributed by atoms with Gasteiger partial charge in [-0.05, 0) is 44.6 Å². The number of aromatic nitrogens is 2. The number of ether oxygens (including phenoxy) is 1. The van der Waals surface area contributed by atoms with E-state index in [1.807, 2.05) is 0 Å². The van der Waals surface area contributed by atoms with E-state index >= 15 is 0 Å². The number of halogens is 4. The van der Waals surface area contributed by atoms with E-state index in [-0.39, 0.29) is 11.6 Å². The summed E-state index contributed by atoms with van der Waals surface area (Å²) < 4.78 is 46.0. The van der Waals surface area contributed by atoms with Gasteiger partial charge in [0.25, 0.3) is 5.91 Å². The summed E-state index contributed by atoms with van der Waals surface area (Å²) in [6.07, 6.45) is -2.23. The van der Waals surface area contributed by atoms with E-state index < -0.39 is 28.8 Å².